The third-order valence-corrected chi connectivity index (χ3v) is 10.9. The van der Waals surface area contributed by atoms with Crippen molar-refractivity contribution in [3.8, 4) is 0 Å². The number of ether oxygens (including phenoxy) is 1. The molecule has 0 amide bonds. The fourth-order valence-corrected chi connectivity index (χ4v) is 8.57. The van der Waals surface area contributed by atoms with Crippen molar-refractivity contribution in [3.63, 3.8) is 0 Å². The lowest BCUT2D eigenvalue weighted by Gasteiger charge is -2.58. The van der Waals surface area contributed by atoms with Gasteiger partial charge in [0.2, 0.25) is 0 Å². The molecule has 0 saturated heterocycles. The van der Waals surface area contributed by atoms with Crippen molar-refractivity contribution in [1.82, 2.24) is 0 Å². The van der Waals surface area contributed by atoms with Gasteiger partial charge in [-0.05, 0) is 111 Å². The van der Waals surface area contributed by atoms with E-state index < -0.39 is 0 Å². The van der Waals surface area contributed by atoms with Gasteiger partial charge >= 0.3 is 0 Å². The lowest BCUT2D eigenvalue weighted by atomic mass is 9.48. The molecule has 5 N–H and O–H groups in total. The van der Waals surface area contributed by atoms with Gasteiger partial charge in [0.1, 0.15) is 0 Å². The Bertz CT molecular complexity index is 677. The summed E-state index contributed by atoms with van der Waals surface area (Å²) >= 11 is 0. The van der Waals surface area contributed by atoms with Crippen LogP contribution in [0.4, 0.5) is 0 Å². The van der Waals surface area contributed by atoms with Gasteiger partial charge < -0.3 is 21.3 Å². The van der Waals surface area contributed by atoms with Crippen molar-refractivity contribution in [2.24, 2.45) is 46.0 Å². The molecule has 0 heterocycles. The first-order valence-electron chi connectivity index (χ1n) is 16.2. The van der Waals surface area contributed by atoms with E-state index in [0.717, 1.165) is 49.7 Å². The van der Waals surface area contributed by atoms with Crippen LogP contribution in [0.2, 0.25) is 0 Å². The van der Waals surface area contributed by atoms with Gasteiger partial charge in [0, 0.05) is 13.2 Å². The van der Waals surface area contributed by atoms with Gasteiger partial charge in [-0.1, -0.05) is 79.2 Å². The van der Waals surface area contributed by atoms with Crippen molar-refractivity contribution in [1.29, 1.82) is 0 Å². The zero-order valence-electron chi connectivity index (χ0n) is 25.6. The van der Waals surface area contributed by atoms with Crippen molar-refractivity contribution in [2.45, 2.75) is 138 Å². The van der Waals surface area contributed by atoms with E-state index in [4.69, 9.17) is 21.3 Å². The van der Waals surface area contributed by atoms with Gasteiger partial charge in [0.15, 0.2) is 0 Å². The molecule has 0 radical (unpaired) electrons. The molecule has 4 rings (SSSR count). The summed E-state index contributed by atoms with van der Waals surface area (Å²) in [6.45, 7) is 16.7. The molecule has 0 spiro atoms. The molecule has 218 valence electrons. The summed E-state index contributed by atoms with van der Waals surface area (Å²) in [5, 5.41) is 7.99. The van der Waals surface area contributed by atoms with Crippen LogP contribution in [0, 0.1) is 34.5 Å². The Morgan fingerprint density at radius 2 is 1.70 bits per heavy atom. The standard InChI is InChI=1S/C28H49NO.C3H9NO.C2H6/c1-5-6-7-11-21-13-14-23-26-24(18-20(2)28(21,23)4)27(3)15-9-8-12-22(27)19-25(26)30-17-10-16-29;4-2-1-3-5;1-2/h20-23,25H,5-19,29H2,1-4H3;5H,1-4H2;1-2H3/t20-,21?,22?,23?,25+,27-,28+;;/m0../s1. The van der Waals surface area contributed by atoms with E-state index in [0.29, 0.717) is 23.5 Å². The van der Waals surface area contributed by atoms with Crippen LogP contribution in [0.25, 0.3) is 0 Å². The minimum absolute atomic E-state index is 0.219. The maximum absolute atomic E-state index is 7.99. The first kappa shape index (κ1) is 32.8. The molecule has 4 aliphatic carbocycles. The first-order chi connectivity index (χ1) is 17.9. The highest BCUT2D eigenvalue weighted by molar-refractivity contribution is 5.38. The Morgan fingerprint density at radius 1 is 0.973 bits per heavy atom. The van der Waals surface area contributed by atoms with Crippen LogP contribution in [0.3, 0.4) is 0 Å². The van der Waals surface area contributed by atoms with Gasteiger partial charge in [-0.2, -0.15) is 0 Å². The Balaban J connectivity index is 0.000000617. The SMILES string of the molecule is CC.CCCCCC1CCC2C3=C(C[C@H](C)[C@]12C)[C@@]1(C)CCCCC1C[C@H]3OCCCN.NCCCO. The Labute approximate surface area is 230 Å². The molecule has 0 aliphatic heterocycles. The number of hydrogen-bond donors (Lipinski definition) is 3. The van der Waals surface area contributed by atoms with Gasteiger partial charge in [0.05, 0.1) is 6.10 Å². The molecule has 2 saturated carbocycles. The minimum atomic E-state index is 0.219. The quantitative estimate of drug-likeness (QED) is 0.204. The maximum atomic E-state index is 7.99. The topological polar surface area (TPSA) is 81.5 Å². The number of aliphatic hydroxyl groups excluding tert-OH is 1. The molecule has 37 heavy (non-hydrogen) atoms. The third-order valence-electron chi connectivity index (χ3n) is 10.9. The van der Waals surface area contributed by atoms with E-state index in [-0.39, 0.29) is 6.61 Å². The third kappa shape index (κ3) is 7.21. The fraction of sp³-hybridized carbons (Fsp3) is 0.939. The van der Waals surface area contributed by atoms with Gasteiger partial charge in [-0.25, -0.2) is 0 Å². The van der Waals surface area contributed by atoms with Gasteiger partial charge in [0.25, 0.3) is 0 Å². The van der Waals surface area contributed by atoms with Crippen molar-refractivity contribution < 1.29 is 9.84 Å². The van der Waals surface area contributed by atoms with Crippen LogP contribution >= 0.6 is 0 Å². The van der Waals surface area contributed by atoms with E-state index >= 15 is 0 Å². The van der Waals surface area contributed by atoms with Gasteiger partial charge in [-0.3, -0.25) is 0 Å². The first-order valence-corrected chi connectivity index (χ1v) is 16.2. The zero-order valence-corrected chi connectivity index (χ0v) is 25.6. The highest BCUT2D eigenvalue weighted by Gasteiger charge is 2.59. The second-order valence-corrected chi connectivity index (χ2v) is 12.7. The maximum Gasteiger partial charge on any atom is 0.0793 e. The molecule has 0 bridgehead atoms. The number of fused-ring (bicyclic) bond motifs is 4. The predicted molar refractivity (Wildman–Crippen MR) is 159 cm³/mol. The number of rotatable bonds is 10. The number of hydrogen-bond acceptors (Lipinski definition) is 4. The molecule has 7 atom stereocenters. The highest BCUT2D eigenvalue weighted by atomic mass is 16.5. The van der Waals surface area contributed by atoms with Crippen LogP contribution < -0.4 is 11.5 Å². The molecular formula is C33H64N2O2. The Morgan fingerprint density at radius 3 is 2.32 bits per heavy atom. The number of allylic oxidation sites excluding steroid dienone is 1. The van der Waals surface area contributed by atoms with E-state index in [1.165, 1.54) is 77.0 Å². The molecule has 3 unspecified atom stereocenters. The van der Waals surface area contributed by atoms with Crippen molar-refractivity contribution >= 4 is 0 Å². The second kappa shape index (κ2) is 16.0. The minimum Gasteiger partial charge on any atom is -0.396 e. The molecule has 4 nitrogen and oxygen atoms in total. The molecular weight excluding hydrogens is 456 g/mol. The summed E-state index contributed by atoms with van der Waals surface area (Å²) in [5.74, 6) is 3.34. The number of nitrogens with two attached hydrogens (primary N) is 2. The summed E-state index contributed by atoms with van der Waals surface area (Å²) < 4.78 is 6.67. The molecule has 4 aliphatic rings. The van der Waals surface area contributed by atoms with Crippen LogP contribution in [0.15, 0.2) is 11.1 Å². The van der Waals surface area contributed by atoms with E-state index in [1.54, 1.807) is 0 Å². The summed E-state index contributed by atoms with van der Waals surface area (Å²) in [6, 6.07) is 0. The second-order valence-electron chi connectivity index (χ2n) is 12.7. The van der Waals surface area contributed by atoms with E-state index in [2.05, 4.69) is 27.7 Å². The summed E-state index contributed by atoms with van der Waals surface area (Å²) in [5.41, 5.74) is 15.4. The lowest BCUT2D eigenvalue weighted by Crippen LogP contribution is -2.50. The molecule has 2 fully saturated rings. The molecule has 0 aromatic rings. The largest absolute Gasteiger partial charge is 0.396 e. The molecule has 4 heteroatoms. The monoisotopic (exact) mass is 520 g/mol. The van der Waals surface area contributed by atoms with Crippen LogP contribution in [-0.2, 0) is 4.74 Å². The van der Waals surface area contributed by atoms with Crippen LogP contribution in [-0.4, -0.2) is 37.5 Å². The smallest absolute Gasteiger partial charge is 0.0793 e. The zero-order chi connectivity index (χ0) is 27.5. The average molecular weight is 521 g/mol. The Hall–Kier alpha value is -0.420. The fourth-order valence-electron chi connectivity index (χ4n) is 8.57. The summed E-state index contributed by atoms with van der Waals surface area (Å²) in [4.78, 5) is 0. The summed E-state index contributed by atoms with van der Waals surface area (Å²) in [6.07, 6.45) is 18.9. The van der Waals surface area contributed by atoms with Crippen LogP contribution in [0.5, 0.6) is 0 Å². The molecule has 0 aromatic carbocycles. The lowest BCUT2D eigenvalue weighted by molar-refractivity contribution is -0.0259. The van der Waals surface area contributed by atoms with E-state index in [1.807, 2.05) is 25.0 Å². The van der Waals surface area contributed by atoms with Crippen molar-refractivity contribution in [3.05, 3.63) is 11.1 Å². The number of unbranched alkanes of at least 4 members (excludes halogenated alkanes) is 2. The number of aliphatic hydroxyl groups is 1. The van der Waals surface area contributed by atoms with Crippen molar-refractivity contribution in [2.75, 3.05) is 26.3 Å². The summed E-state index contributed by atoms with van der Waals surface area (Å²) in [7, 11) is 0. The normalized spacial score (nSPS) is 36.4. The van der Waals surface area contributed by atoms with E-state index in [9.17, 15) is 0 Å². The average Bonchev–Trinajstić information content (AvgIpc) is 3.24. The predicted octanol–water partition coefficient (Wildman–Crippen LogP) is 7.62. The highest BCUT2D eigenvalue weighted by Crippen LogP contribution is 2.67. The van der Waals surface area contributed by atoms with Crippen LogP contribution in [0.1, 0.15) is 131 Å². The Kier molecular flexibility index (Phi) is 14.2. The molecule has 0 aromatic heterocycles. The van der Waals surface area contributed by atoms with Gasteiger partial charge in [-0.15, -0.1) is 0 Å².